The number of nitrogens with one attached hydrogen (secondary N) is 1. The van der Waals surface area contributed by atoms with Gasteiger partial charge in [0.2, 0.25) is 5.91 Å². The molecule has 0 aliphatic heterocycles. The van der Waals surface area contributed by atoms with Gasteiger partial charge in [-0.15, -0.1) is 0 Å². The molecule has 158 valence electrons. The fourth-order valence-corrected chi connectivity index (χ4v) is 3.74. The summed E-state index contributed by atoms with van der Waals surface area (Å²) in [7, 11) is 3.69. The van der Waals surface area contributed by atoms with Gasteiger partial charge in [0.05, 0.1) is 11.4 Å². The smallest absolute Gasteiger partial charge is 0.295 e. The van der Waals surface area contributed by atoms with Crippen LogP contribution in [-0.4, -0.2) is 28.4 Å². The van der Waals surface area contributed by atoms with Gasteiger partial charge in [-0.25, -0.2) is 4.68 Å². The monoisotopic (exact) mass is 414 g/mol. The molecule has 0 fully saturated rings. The Morgan fingerprint density at radius 1 is 0.968 bits per heavy atom. The van der Waals surface area contributed by atoms with Crippen molar-refractivity contribution in [3.63, 3.8) is 0 Å². The van der Waals surface area contributed by atoms with E-state index in [1.165, 1.54) is 0 Å². The van der Waals surface area contributed by atoms with E-state index < -0.39 is 6.04 Å². The second-order valence-electron chi connectivity index (χ2n) is 7.74. The lowest BCUT2D eigenvalue weighted by Crippen LogP contribution is -2.40. The summed E-state index contributed by atoms with van der Waals surface area (Å²) in [6, 6.07) is 23.1. The molecule has 0 radical (unpaired) electrons. The molecule has 3 aromatic carbocycles. The van der Waals surface area contributed by atoms with Crippen molar-refractivity contribution < 1.29 is 4.79 Å². The Morgan fingerprint density at radius 3 is 2.32 bits per heavy atom. The van der Waals surface area contributed by atoms with E-state index in [9.17, 15) is 9.59 Å². The molecule has 31 heavy (non-hydrogen) atoms. The normalized spacial score (nSPS) is 12.0. The number of rotatable bonds is 5. The maximum atomic E-state index is 13.1. The highest BCUT2D eigenvalue weighted by Crippen LogP contribution is 2.23. The van der Waals surface area contributed by atoms with Gasteiger partial charge in [-0.1, -0.05) is 48.5 Å². The predicted molar refractivity (Wildman–Crippen MR) is 126 cm³/mol. The number of nitrogens with zero attached hydrogens (tertiary/aromatic N) is 3. The standard InChI is InChI=1S/C25H26N4O2/c1-17-23(25(31)29(28(17)4)21-12-6-5-7-13-21)26-24(30)18(2)27(3)22-15-14-19-10-8-9-11-20(19)16-22/h5-16,18H,1-4H3,(H,26,30). The van der Waals surface area contributed by atoms with Gasteiger partial charge in [0.1, 0.15) is 11.7 Å². The Hall–Kier alpha value is -3.80. The van der Waals surface area contributed by atoms with Crippen molar-refractivity contribution in [3.8, 4) is 5.69 Å². The van der Waals surface area contributed by atoms with Gasteiger partial charge < -0.3 is 10.2 Å². The molecule has 1 atom stereocenters. The molecule has 0 aliphatic rings. The van der Waals surface area contributed by atoms with Gasteiger partial charge in [-0.05, 0) is 48.9 Å². The van der Waals surface area contributed by atoms with Crippen LogP contribution >= 0.6 is 0 Å². The number of likely N-dealkylation sites (N-methyl/N-ethyl adjacent to an activating group) is 1. The van der Waals surface area contributed by atoms with Crippen molar-refractivity contribution in [1.29, 1.82) is 0 Å². The van der Waals surface area contributed by atoms with Crippen LogP contribution in [0.15, 0.2) is 77.6 Å². The molecule has 0 aliphatic carbocycles. The number of carbonyl (C=O) groups is 1. The molecule has 1 heterocycles. The second-order valence-corrected chi connectivity index (χ2v) is 7.74. The average molecular weight is 415 g/mol. The number of benzene rings is 3. The van der Waals surface area contributed by atoms with Gasteiger partial charge in [0, 0.05) is 19.8 Å². The second kappa shape index (κ2) is 8.14. The summed E-state index contributed by atoms with van der Waals surface area (Å²) < 4.78 is 3.31. The van der Waals surface area contributed by atoms with E-state index in [2.05, 4.69) is 23.5 Å². The van der Waals surface area contributed by atoms with Gasteiger partial charge in [-0.3, -0.25) is 14.3 Å². The van der Waals surface area contributed by atoms with Crippen LogP contribution in [0.2, 0.25) is 0 Å². The summed E-state index contributed by atoms with van der Waals surface area (Å²) in [6.45, 7) is 3.66. The first-order valence-corrected chi connectivity index (χ1v) is 10.2. The number of para-hydroxylation sites is 1. The van der Waals surface area contributed by atoms with Crippen molar-refractivity contribution in [3.05, 3.63) is 88.8 Å². The Labute approximate surface area is 181 Å². The molecular formula is C25H26N4O2. The maximum Gasteiger partial charge on any atom is 0.295 e. The number of amides is 1. The van der Waals surface area contributed by atoms with Crippen LogP contribution < -0.4 is 15.8 Å². The van der Waals surface area contributed by atoms with Gasteiger partial charge >= 0.3 is 0 Å². The topological polar surface area (TPSA) is 59.3 Å². The molecule has 0 spiro atoms. The zero-order chi connectivity index (χ0) is 22.1. The maximum absolute atomic E-state index is 13.1. The number of carbonyl (C=O) groups excluding carboxylic acids is 1. The van der Waals surface area contributed by atoms with Crippen LogP contribution in [0.4, 0.5) is 11.4 Å². The third kappa shape index (κ3) is 3.72. The SMILES string of the molecule is Cc1c(NC(=O)C(C)N(C)c2ccc3ccccc3c2)c(=O)n(-c2ccccc2)n1C. The summed E-state index contributed by atoms with van der Waals surface area (Å²) in [5.74, 6) is -0.235. The summed E-state index contributed by atoms with van der Waals surface area (Å²) in [5, 5.41) is 5.13. The fourth-order valence-electron chi connectivity index (χ4n) is 3.74. The average Bonchev–Trinajstić information content (AvgIpc) is 3.01. The molecule has 6 heteroatoms. The van der Waals surface area contributed by atoms with Gasteiger partial charge in [0.15, 0.2) is 0 Å². The van der Waals surface area contributed by atoms with Crippen LogP contribution in [0.25, 0.3) is 16.5 Å². The van der Waals surface area contributed by atoms with Crippen molar-refractivity contribution in [2.24, 2.45) is 7.05 Å². The van der Waals surface area contributed by atoms with E-state index in [-0.39, 0.29) is 11.5 Å². The first-order valence-electron chi connectivity index (χ1n) is 10.2. The Bertz CT molecular complexity index is 1300. The lowest BCUT2D eigenvalue weighted by molar-refractivity contribution is -0.117. The third-order valence-electron chi connectivity index (χ3n) is 5.90. The zero-order valence-corrected chi connectivity index (χ0v) is 18.2. The van der Waals surface area contributed by atoms with E-state index >= 15 is 0 Å². The summed E-state index contributed by atoms with van der Waals surface area (Å²) in [6.07, 6.45) is 0. The lowest BCUT2D eigenvalue weighted by Gasteiger charge is -2.26. The molecule has 1 amide bonds. The predicted octanol–water partition coefficient (Wildman–Crippen LogP) is 4.10. The van der Waals surface area contributed by atoms with Crippen LogP contribution in [0.5, 0.6) is 0 Å². The van der Waals surface area contributed by atoms with Crippen LogP contribution in [0.1, 0.15) is 12.6 Å². The Kier molecular flexibility index (Phi) is 5.38. The quantitative estimate of drug-likeness (QED) is 0.535. The van der Waals surface area contributed by atoms with E-state index in [0.717, 1.165) is 22.1 Å². The molecule has 1 N–H and O–H groups in total. The van der Waals surface area contributed by atoms with Crippen LogP contribution in [0.3, 0.4) is 0 Å². The number of aromatic nitrogens is 2. The molecule has 4 aromatic rings. The van der Waals surface area contributed by atoms with Crippen molar-refractivity contribution in [2.75, 3.05) is 17.3 Å². The third-order valence-corrected chi connectivity index (χ3v) is 5.90. The van der Waals surface area contributed by atoms with Crippen molar-refractivity contribution >= 4 is 28.1 Å². The summed E-state index contributed by atoms with van der Waals surface area (Å²) in [4.78, 5) is 28.0. The fraction of sp³-hybridized carbons (Fsp3) is 0.200. The number of hydrogen-bond acceptors (Lipinski definition) is 3. The minimum Gasteiger partial charge on any atom is -0.363 e. The minimum absolute atomic E-state index is 0.235. The van der Waals surface area contributed by atoms with Gasteiger partial charge in [0.25, 0.3) is 5.56 Å². The molecule has 0 saturated carbocycles. The van der Waals surface area contributed by atoms with E-state index in [4.69, 9.17) is 0 Å². The highest BCUT2D eigenvalue weighted by atomic mass is 16.2. The van der Waals surface area contributed by atoms with Crippen molar-refractivity contribution in [2.45, 2.75) is 19.9 Å². The van der Waals surface area contributed by atoms with Crippen molar-refractivity contribution in [1.82, 2.24) is 9.36 Å². The van der Waals surface area contributed by atoms with E-state index in [0.29, 0.717) is 11.4 Å². The molecule has 0 saturated heterocycles. The first-order chi connectivity index (χ1) is 14.9. The molecular weight excluding hydrogens is 388 g/mol. The first kappa shape index (κ1) is 20.5. The molecule has 1 aromatic heterocycles. The highest BCUT2D eigenvalue weighted by molar-refractivity contribution is 5.97. The Balaban J connectivity index is 1.59. The summed E-state index contributed by atoms with van der Waals surface area (Å²) >= 11 is 0. The molecule has 0 bridgehead atoms. The summed E-state index contributed by atoms with van der Waals surface area (Å²) in [5.41, 5.74) is 2.44. The van der Waals surface area contributed by atoms with Gasteiger partial charge in [-0.2, -0.15) is 0 Å². The van der Waals surface area contributed by atoms with E-state index in [1.807, 2.05) is 87.4 Å². The number of anilines is 2. The molecule has 1 unspecified atom stereocenters. The Morgan fingerprint density at radius 2 is 1.61 bits per heavy atom. The highest BCUT2D eigenvalue weighted by Gasteiger charge is 2.23. The zero-order valence-electron chi connectivity index (χ0n) is 18.2. The number of fused-ring (bicyclic) bond motifs is 1. The van der Waals surface area contributed by atoms with Crippen LogP contribution in [-0.2, 0) is 11.8 Å². The molecule has 6 nitrogen and oxygen atoms in total. The lowest BCUT2D eigenvalue weighted by atomic mass is 10.1. The number of hydrogen-bond donors (Lipinski definition) is 1. The largest absolute Gasteiger partial charge is 0.363 e. The molecule has 4 rings (SSSR count). The van der Waals surface area contributed by atoms with Crippen LogP contribution in [0, 0.1) is 6.92 Å². The minimum atomic E-state index is -0.467. The van der Waals surface area contributed by atoms with E-state index in [1.54, 1.807) is 9.36 Å².